The Morgan fingerprint density at radius 2 is 1.78 bits per heavy atom. The molecule has 1 atom stereocenters. The lowest BCUT2D eigenvalue weighted by atomic mass is 9.94. The molecule has 3 aromatic rings. The molecule has 0 spiro atoms. The molecule has 0 fully saturated rings. The van der Waals surface area contributed by atoms with Gasteiger partial charge in [-0.3, -0.25) is 18.8 Å². The lowest BCUT2D eigenvalue weighted by molar-refractivity contribution is -0.139. The molecule has 0 unspecified atom stereocenters. The van der Waals surface area contributed by atoms with Gasteiger partial charge in [-0.25, -0.2) is 14.4 Å². The number of halogens is 1. The average molecular weight is 517 g/mol. The predicted molar refractivity (Wildman–Crippen MR) is 131 cm³/mol. The van der Waals surface area contributed by atoms with Crippen molar-refractivity contribution < 1.29 is 19.1 Å². The minimum absolute atomic E-state index is 0.0562. The number of aromatic nitrogens is 4. The second-order valence-electron chi connectivity index (χ2n) is 8.14. The predicted octanol–water partition coefficient (Wildman–Crippen LogP) is 1.31. The number of carbonyl (C=O) groups excluding carboxylic acids is 2. The Kier molecular flexibility index (Phi) is 6.63. The summed E-state index contributed by atoms with van der Waals surface area (Å²) >= 11 is 6.41. The summed E-state index contributed by atoms with van der Waals surface area (Å²) in [4.78, 5) is 57.0. The molecular formula is C23H25ClN6O6. The Bertz CT molecular complexity index is 1520. The minimum atomic E-state index is -0.839. The van der Waals surface area contributed by atoms with Gasteiger partial charge in [0.25, 0.3) is 5.56 Å². The highest BCUT2D eigenvalue weighted by Gasteiger charge is 2.37. The molecule has 0 saturated heterocycles. The number of nitrogens with zero attached hydrogens (tertiary/aromatic N) is 5. The largest absolute Gasteiger partial charge is 0.497 e. The van der Waals surface area contributed by atoms with Crippen LogP contribution >= 0.6 is 11.6 Å². The highest BCUT2D eigenvalue weighted by molar-refractivity contribution is 6.29. The molecule has 1 aliphatic rings. The quantitative estimate of drug-likeness (QED) is 0.386. The van der Waals surface area contributed by atoms with E-state index in [1.54, 1.807) is 31.2 Å². The van der Waals surface area contributed by atoms with E-state index in [0.717, 1.165) is 4.57 Å². The van der Waals surface area contributed by atoms with E-state index in [1.807, 2.05) is 0 Å². The zero-order chi connectivity index (χ0) is 26.3. The summed E-state index contributed by atoms with van der Waals surface area (Å²) in [6.45, 7) is 1.63. The third-order valence-electron chi connectivity index (χ3n) is 6.13. The molecule has 2 amide bonds. The smallest absolute Gasteiger partial charge is 0.338 e. The number of esters is 1. The monoisotopic (exact) mass is 516 g/mol. The number of amides is 2. The van der Waals surface area contributed by atoms with Crippen molar-refractivity contribution in [2.45, 2.75) is 19.5 Å². The van der Waals surface area contributed by atoms with Crippen LogP contribution in [0.1, 0.15) is 18.5 Å². The number of hydrogen-bond acceptors (Lipinski definition) is 7. The molecule has 2 aromatic heterocycles. The fraction of sp³-hybridized carbons (Fsp3) is 0.348. The fourth-order valence-corrected chi connectivity index (χ4v) is 4.38. The maximum Gasteiger partial charge on any atom is 0.338 e. The second kappa shape index (κ2) is 9.53. The van der Waals surface area contributed by atoms with Crippen LogP contribution in [0, 0.1) is 0 Å². The van der Waals surface area contributed by atoms with Crippen LogP contribution in [-0.4, -0.2) is 56.3 Å². The number of aryl methyl sites for hydroxylation is 1. The van der Waals surface area contributed by atoms with Gasteiger partial charge in [0.1, 0.15) is 5.75 Å². The Hall–Kier alpha value is -4.06. The molecule has 0 radical (unpaired) electrons. The van der Waals surface area contributed by atoms with Crippen LogP contribution in [0.15, 0.2) is 45.1 Å². The second-order valence-corrected chi connectivity index (χ2v) is 8.48. The van der Waals surface area contributed by atoms with E-state index in [-0.39, 0.29) is 40.9 Å². The number of fused-ring (bicyclic) bond motifs is 1. The number of nitrogens with one attached hydrogen (secondary N) is 1. The number of rotatable bonds is 6. The van der Waals surface area contributed by atoms with Crippen molar-refractivity contribution in [2.75, 3.05) is 20.8 Å². The van der Waals surface area contributed by atoms with Crippen molar-refractivity contribution in [3.8, 4) is 5.75 Å². The van der Waals surface area contributed by atoms with Crippen molar-refractivity contribution in [1.29, 1.82) is 0 Å². The summed E-state index contributed by atoms with van der Waals surface area (Å²) in [5, 5.41) is 2.74. The molecule has 190 valence electrons. The number of carbonyl (C=O) groups is 2. The summed E-state index contributed by atoms with van der Waals surface area (Å²) in [6, 6.07) is 5.59. The number of urea groups is 1. The Morgan fingerprint density at radius 3 is 2.39 bits per heavy atom. The fourth-order valence-electron chi connectivity index (χ4n) is 4.16. The third-order valence-corrected chi connectivity index (χ3v) is 6.42. The van der Waals surface area contributed by atoms with Crippen LogP contribution in [0.4, 0.5) is 4.79 Å². The maximum atomic E-state index is 13.2. The van der Waals surface area contributed by atoms with E-state index in [2.05, 4.69) is 10.3 Å². The lowest BCUT2D eigenvalue weighted by Crippen LogP contribution is -2.47. The van der Waals surface area contributed by atoms with Gasteiger partial charge in [-0.2, -0.15) is 4.98 Å². The number of likely N-dealkylation sites (N-methyl/N-ethyl adjacent to an activating group) is 1. The Labute approximate surface area is 210 Å². The van der Waals surface area contributed by atoms with Crippen molar-refractivity contribution in [3.05, 3.63) is 67.2 Å². The number of ether oxygens (including phenoxy) is 2. The van der Waals surface area contributed by atoms with Crippen molar-refractivity contribution in [1.82, 2.24) is 28.9 Å². The summed E-state index contributed by atoms with van der Waals surface area (Å²) < 4.78 is 14.1. The van der Waals surface area contributed by atoms with Crippen LogP contribution < -0.4 is 21.3 Å². The number of hydrogen-bond donors (Lipinski definition) is 1. The number of allylic oxidation sites excluding steroid dienone is 1. The molecular weight excluding hydrogens is 492 g/mol. The first-order valence-electron chi connectivity index (χ1n) is 11.0. The van der Waals surface area contributed by atoms with Crippen molar-refractivity contribution in [3.63, 3.8) is 0 Å². The summed E-state index contributed by atoms with van der Waals surface area (Å²) in [7, 11) is 5.85. The highest BCUT2D eigenvalue weighted by atomic mass is 35.5. The number of imidazole rings is 1. The SMILES string of the molecule is CCOC(=O)C1=C(Cn2c(Cl)nc3c2c(=O)n(C)c(=O)n3C)N(C)C(=O)N[C@@H]1c1ccc(OC)cc1. The maximum absolute atomic E-state index is 13.2. The molecule has 0 bridgehead atoms. The van der Waals surface area contributed by atoms with Gasteiger partial charge >= 0.3 is 17.7 Å². The van der Waals surface area contributed by atoms with Crippen LogP contribution in [0.2, 0.25) is 5.28 Å². The molecule has 1 aromatic carbocycles. The lowest BCUT2D eigenvalue weighted by Gasteiger charge is -2.35. The molecule has 0 saturated carbocycles. The van der Waals surface area contributed by atoms with E-state index < -0.39 is 29.3 Å². The van der Waals surface area contributed by atoms with Crippen LogP contribution in [0.25, 0.3) is 11.2 Å². The van der Waals surface area contributed by atoms with E-state index in [4.69, 9.17) is 21.1 Å². The van der Waals surface area contributed by atoms with Gasteiger partial charge in [0.15, 0.2) is 11.2 Å². The average Bonchev–Trinajstić information content (AvgIpc) is 3.20. The zero-order valence-corrected chi connectivity index (χ0v) is 21.1. The van der Waals surface area contributed by atoms with Gasteiger partial charge in [0.2, 0.25) is 5.28 Å². The molecule has 36 heavy (non-hydrogen) atoms. The van der Waals surface area contributed by atoms with Crippen LogP contribution in [0.3, 0.4) is 0 Å². The minimum Gasteiger partial charge on any atom is -0.497 e. The molecule has 1 N–H and O–H groups in total. The summed E-state index contributed by atoms with van der Waals surface area (Å²) in [6.07, 6.45) is 0. The Balaban J connectivity index is 1.96. The van der Waals surface area contributed by atoms with E-state index >= 15 is 0 Å². The first kappa shape index (κ1) is 25.0. The van der Waals surface area contributed by atoms with Crippen molar-refractivity contribution in [2.24, 2.45) is 14.1 Å². The third kappa shape index (κ3) is 4.02. The van der Waals surface area contributed by atoms with E-state index in [1.165, 1.54) is 42.3 Å². The standard InChI is InChI=1S/C23H25ClN6O6/c1-6-36-20(32)15-14(27(2)22(33)25-16(15)12-7-9-13(35-5)10-8-12)11-30-17-18(26-21(30)24)28(3)23(34)29(4)19(17)31/h7-10,16H,6,11H2,1-5H3,(H,25,33)/t16-/m1/s1. The van der Waals surface area contributed by atoms with Gasteiger partial charge in [-0.1, -0.05) is 12.1 Å². The summed E-state index contributed by atoms with van der Waals surface area (Å²) in [5.41, 5.74) is 0.0209. The van der Waals surface area contributed by atoms with Crippen LogP contribution in [-0.2, 0) is 30.2 Å². The molecule has 3 heterocycles. The molecule has 12 nitrogen and oxygen atoms in total. The first-order chi connectivity index (χ1) is 17.1. The van der Waals surface area contributed by atoms with Gasteiger partial charge in [0.05, 0.1) is 37.6 Å². The molecule has 1 aliphatic heterocycles. The van der Waals surface area contributed by atoms with Gasteiger partial charge in [-0.05, 0) is 36.2 Å². The topological polar surface area (TPSA) is 130 Å². The van der Waals surface area contributed by atoms with Gasteiger partial charge in [-0.15, -0.1) is 0 Å². The summed E-state index contributed by atoms with van der Waals surface area (Å²) in [5.74, 6) is -0.0287. The highest BCUT2D eigenvalue weighted by Crippen LogP contribution is 2.33. The molecule has 0 aliphatic carbocycles. The first-order valence-corrected chi connectivity index (χ1v) is 11.4. The Morgan fingerprint density at radius 1 is 1.11 bits per heavy atom. The molecule has 4 rings (SSSR count). The normalized spacial score (nSPS) is 15.9. The van der Waals surface area contributed by atoms with E-state index in [9.17, 15) is 19.2 Å². The van der Waals surface area contributed by atoms with Crippen LogP contribution in [0.5, 0.6) is 5.75 Å². The van der Waals surface area contributed by atoms with Gasteiger partial charge < -0.3 is 19.4 Å². The number of methoxy groups -OCH3 is 1. The molecule has 13 heteroatoms. The van der Waals surface area contributed by atoms with Crippen molar-refractivity contribution >= 4 is 34.8 Å². The zero-order valence-electron chi connectivity index (χ0n) is 20.4. The van der Waals surface area contributed by atoms with E-state index in [0.29, 0.717) is 11.3 Å². The van der Waals surface area contributed by atoms with Gasteiger partial charge in [0, 0.05) is 21.1 Å². The number of benzene rings is 1.